The Hall–Kier alpha value is -4.21. The van der Waals surface area contributed by atoms with E-state index in [9.17, 15) is 9.00 Å². The molecule has 4 aromatic rings. The van der Waals surface area contributed by atoms with Crippen molar-refractivity contribution in [2.45, 2.75) is 57.2 Å². The van der Waals surface area contributed by atoms with E-state index in [4.69, 9.17) is 14.2 Å². The van der Waals surface area contributed by atoms with Gasteiger partial charge in [0.2, 0.25) is 5.91 Å². The molecule has 0 saturated heterocycles. The van der Waals surface area contributed by atoms with Gasteiger partial charge in [-0.05, 0) is 91.1 Å². The molecular weight excluding hydrogens is 586 g/mol. The fraction of sp³-hybridized carbons (Fsp3) is 0.333. The van der Waals surface area contributed by atoms with E-state index >= 15 is 0 Å². The van der Waals surface area contributed by atoms with E-state index in [0.29, 0.717) is 35.3 Å². The first kappa shape index (κ1) is 33.7. The minimum atomic E-state index is -1.22. The highest BCUT2D eigenvalue weighted by molar-refractivity contribution is 7.84. The van der Waals surface area contributed by atoms with Gasteiger partial charge in [-0.15, -0.1) is 0 Å². The second-order valence-corrected chi connectivity index (χ2v) is 12.1. The highest BCUT2D eigenvalue weighted by Gasteiger charge is 2.11. The summed E-state index contributed by atoms with van der Waals surface area (Å²) in [7, 11) is 0.392. The summed E-state index contributed by atoms with van der Waals surface area (Å²) in [6.07, 6.45) is 9.92. The van der Waals surface area contributed by atoms with Gasteiger partial charge in [0, 0.05) is 41.6 Å². The molecule has 1 atom stereocenters. The summed E-state index contributed by atoms with van der Waals surface area (Å²) in [6.45, 7) is 8.98. The third-order valence-electron chi connectivity index (χ3n) is 7.22. The lowest BCUT2D eigenvalue weighted by Gasteiger charge is -2.13. The molecule has 0 bridgehead atoms. The molecule has 1 N–H and O–H groups in total. The standard InChI is InChI=1S/C36H43N3O5S/c1-5-7-19-43-20-21-44-32-12-15-34(27(3)22-32)28-8-16-35(42-4)29(23-28)9-17-36(40)38-30-10-13-33(14-11-30)45(41)25-31-24-37-26-39(31)18-6-2/h8-17,22-24,26H,5-7,18-21,25H2,1-4H3,(H,38,40)/b17-9+. The van der Waals surface area contributed by atoms with E-state index in [1.54, 1.807) is 50.0 Å². The van der Waals surface area contributed by atoms with Crippen molar-refractivity contribution in [1.82, 2.24) is 9.55 Å². The van der Waals surface area contributed by atoms with Gasteiger partial charge in [0.05, 0.1) is 42.3 Å². The number of amides is 1. The summed E-state index contributed by atoms with van der Waals surface area (Å²) in [5.74, 6) is 1.58. The maximum absolute atomic E-state index is 12.9. The normalized spacial score (nSPS) is 11.9. The summed E-state index contributed by atoms with van der Waals surface area (Å²) in [5.41, 5.74) is 5.49. The molecule has 0 aliphatic heterocycles. The van der Waals surface area contributed by atoms with Crippen LogP contribution in [0.1, 0.15) is 49.9 Å². The Balaban J connectivity index is 1.36. The first-order valence-electron chi connectivity index (χ1n) is 15.4. The zero-order valence-electron chi connectivity index (χ0n) is 26.6. The third kappa shape index (κ3) is 9.89. The summed E-state index contributed by atoms with van der Waals surface area (Å²) < 4.78 is 32.0. The molecule has 0 radical (unpaired) electrons. The molecule has 3 aromatic carbocycles. The summed E-state index contributed by atoms with van der Waals surface area (Å²) in [6, 6.07) is 19.0. The SMILES string of the molecule is CCCCOCCOc1ccc(-c2ccc(OC)c(/C=C/C(=O)Nc3ccc(S(=O)Cc4cncn4CCC)cc3)c2)c(C)c1. The lowest BCUT2D eigenvalue weighted by atomic mass is 9.98. The highest BCUT2D eigenvalue weighted by Crippen LogP contribution is 2.31. The van der Waals surface area contributed by atoms with E-state index in [2.05, 4.69) is 31.1 Å². The number of nitrogens with one attached hydrogen (secondary N) is 1. The average molecular weight is 630 g/mol. The predicted octanol–water partition coefficient (Wildman–Crippen LogP) is 7.43. The molecule has 1 unspecified atom stereocenters. The topological polar surface area (TPSA) is 91.7 Å². The number of imidazole rings is 1. The smallest absolute Gasteiger partial charge is 0.248 e. The van der Waals surface area contributed by atoms with Crippen molar-refractivity contribution < 1.29 is 23.2 Å². The zero-order chi connectivity index (χ0) is 32.0. The molecule has 4 rings (SSSR count). The predicted molar refractivity (Wildman–Crippen MR) is 181 cm³/mol. The van der Waals surface area contributed by atoms with Gasteiger partial charge in [-0.3, -0.25) is 9.00 Å². The number of anilines is 1. The molecule has 0 saturated carbocycles. The summed E-state index contributed by atoms with van der Waals surface area (Å²) in [5, 5.41) is 2.88. The van der Waals surface area contributed by atoms with Gasteiger partial charge in [0.1, 0.15) is 18.1 Å². The Kier molecular flexibility index (Phi) is 13.0. The van der Waals surface area contributed by atoms with Crippen LogP contribution < -0.4 is 14.8 Å². The summed E-state index contributed by atoms with van der Waals surface area (Å²) >= 11 is 0. The molecule has 1 amide bonds. The van der Waals surface area contributed by atoms with E-state index in [0.717, 1.165) is 66.1 Å². The Morgan fingerprint density at radius 3 is 2.56 bits per heavy atom. The molecule has 45 heavy (non-hydrogen) atoms. The van der Waals surface area contributed by atoms with Crippen LogP contribution in [0, 0.1) is 6.92 Å². The maximum atomic E-state index is 12.9. The zero-order valence-corrected chi connectivity index (χ0v) is 27.4. The quantitative estimate of drug-likeness (QED) is 0.0965. The molecule has 1 aromatic heterocycles. The lowest BCUT2D eigenvalue weighted by molar-refractivity contribution is -0.111. The molecule has 238 valence electrons. The van der Waals surface area contributed by atoms with Gasteiger partial charge in [-0.1, -0.05) is 32.4 Å². The molecule has 0 aliphatic rings. The van der Waals surface area contributed by atoms with Crippen LogP contribution in [0.15, 0.2) is 84.2 Å². The monoisotopic (exact) mass is 629 g/mol. The van der Waals surface area contributed by atoms with E-state index < -0.39 is 10.8 Å². The number of carbonyl (C=O) groups is 1. The number of aromatic nitrogens is 2. The number of hydrogen-bond donors (Lipinski definition) is 1. The van der Waals surface area contributed by atoms with E-state index in [1.165, 1.54) is 6.08 Å². The number of nitrogens with zero attached hydrogens (tertiary/aromatic N) is 2. The first-order valence-corrected chi connectivity index (χ1v) is 16.7. The maximum Gasteiger partial charge on any atom is 0.248 e. The number of unbranched alkanes of at least 4 members (excludes halogenated alkanes) is 1. The lowest BCUT2D eigenvalue weighted by Crippen LogP contribution is -2.08. The third-order valence-corrected chi connectivity index (χ3v) is 8.57. The van der Waals surface area contributed by atoms with Crippen LogP contribution in [0.4, 0.5) is 5.69 Å². The van der Waals surface area contributed by atoms with Gasteiger partial charge >= 0.3 is 0 Å². The van der Waals surface area contributed by atoms with Crippen molar-refractivity contribution >= 4 is 28.5 Å². The summed E-state index contributed by atoms with van der Waals surface area (Å²) in [4.78, 5) is 17.7. The highest BCUT2D eigenvalue weighted by atomic mass is 32.2. The largest absolute Gasteiger partial charge is 0.496 e. The minimum absolute atomic E-state index is 0.281. The van der Waals surface area contributed by atoms with Gasteiger partial charge < -0.3 is 24.1 Å². The van der Waals surface area contributed by atoms with Gasteiger partial charge in [0.15, 0.2) is 0 Å². The van der Waals surface area contributed by atoms with Crippen molar-refractivity contribution in [2.24, 2.45) is 0 Å². The van der Waals surface area contributed by atoms with E-state index in [1.807, 2.05) is 41.0 Å². The van der Waals surface area contributed by atoms with Crippen molar-refractivity contribution in [2.75, 3.05) is 32.2 Å². The van der Waals surface area contributed by atoms with Crippen LogP contribution >= 0.6 is 0 Å². The van der Waals surface area contributed by atoms with Crippen LogP contribution in [-0.2, 0) is 32.6 Å². The molecule has 0 spiro atoms. The number of rotatable bonds is 17. The Morgan fingerprint density at radius 2 is 1.82 bits per heavy atom. The number of aryl methyl sites for hydroxylation is 2. The number of benzene rings is 3. The van der Waals surface area contributed by atoms with Crippen molar-refractivity contribution in [3.05, 3.63) is 96.1 Å². The van der Waals surface area contributed by atoms with E-state index in [-0.39, 0.29) is 5.91 Å². The molecule has 8 nitrogen and oxygen atoms in total. The average Bonchev–Trinajstić information content (AvgIpc) is 3.48. The van der Waals surface area contributed by atoms with Crippen LogP contribution in [0.5, 0.6) is 11.5 Å². The molecule has 0 fully saturated rings. The van der Waals surface area contributed by atoms with Crippen LogP contribution in [0.3, 0.4) is 0 Å². The minimum Gasteiger partial charge on any atom is -0.496 e. The Morgan fingerprint density at radius 1 is 1.00 bits per heavy atom. The molecular formula is C36H43N3O5S. The number of ether oxygens (including phenoxy) is 3. The number of hydrogen-bond acceptors (Lipinski definition) is 6. The second kappa shape index (κ2) is 17.3. The van der Waals surface area contributed by atoms with Crippen molar-refractivity contribution in [1.29, 1.82) is 0 Å². The first-order chi connectivity index (χ1) is 21.9. The van der Waals surface area contributed by atoms with Crippen LogP contribution in [-0.4, -0.2) is 46.6 Å². The fourth-order valence-electron chi connectivity index (χ4n) is 4.82. The van der Waals surface area contributed by atoms with Crippen molar-refractivity contribution in [3.8, 4) is 22.6 Å². The Labute approximate surface area is 268 Å². The molecule has 9 heteroatoms. The number of carbonyl (C=O) groups excluding carboxylic acids is 1. The Bertz CT molecular complexity index is 1600. The molecule has 1 heterocycles. The van der Waals surface area contributed by atoms with Gasteiger partial charge in [-0.25, -0.2) is 4.98 Å². The van der Waals surface area contributed by atoms with Crippen molar-refractivity contribution in [3.63, 3.8) is 0 Å². The number of methoxy groups -OCH3 is 1. The second-order valence-electron chi connectivity index (χ2n) is 10.7. The van der Waals surface area contributed by atoms with Gasteiger partial charge in [-0.2, -0.15) is 0 Å². The van der Waals surface area contributed by atoms with Gasteiger partial charge in [0.25, 0.3) is 0 Å². The molecule has 0 aliphatic carbocycles. The van der Waals surface area contributed by atoms with Crippen LogP contribution in [0.25, 0.3) is 17.2 Å². The fourth-order valence-corrected chi connectivity index (χ4v) is 5.93. The van der Waals surface area contributed by atoms with Crippen LogP contribution in [0.2, 0.25) is 0 Å².